The van der Waals surface area contributed by atoms with Crippen LogP contribution in [0.25, 0.3) is 0 Å². The van der Waals surface area contributed by atoms with E-state index in [-0.39, 0.29) is 18.0 Å². The molecule has 178 valence electrons. The molecule has 1 aliphatic rings. The van der Waals surface area contributed by atoms with Gasteiger partial charge in [0.25, 0.3) is 5.91 Å². The molecule has 2 aromatic carbocycles. The van der Waals surface area contributed by atoms with Gasteiger partial charge in [0.15, 0.2) is 0 Å². The van der Waals surface area contributed by atoms with Crippen LogP contribution < -0.4 is 16.0 Å². The first kappa shape index (κ1) is 24.0. The summed E-state index contributed by atoms with van der Waals surface area (Å²) >= 11 is 1.60. The van der Waals surface area contributed by atoms with Gasteiger partial charge >= 0.3 is 6.03 Å². The van der Waals surface area contributed by atoms with Gasteiger partial charge in [-0.15, -0.1) is 11.3 Å². The summed E-state index contributed by atoms with van der Waals surface area (Å²) in [5.41, 5.74) is 3.90. The summed E-state index contributed by atoms with van der Waals surface area (Å²) in [4.78, 5) is 28.7. The zero-order chi connectivity index (χ0) is 23.9. The molecule has 3 aromatic rings. The molecule has 1 unspecified atom stereocenters. The summed E-state index contributed by atoms with van der Waals surface area (Å²) in [7, 11) is 0. The van der Waals surface area contributed by atoms with Crippen molar-refractivity contribution in [2.45, 2.75) is 39.4 Å². The molecule has 34 heavy (non-hydrogen) atoms. The van der Waals surface area contributed by atoms with Crippen molar-refractivity contribution in [1.29, 1.82) is 0 Å². The zero-order valence-electron chi connectivity index (χ0n) is 19.7. The van der Waals surface area contributed by atoms with Crippen molar-refractivity contribution in [2.75, 3.05) is 18.4 Å². The third-order valence-electron chi connectivity index (χ3n) is 6.26. The summed E-state index contributed by atoms with van der Waals surface area (Å²) < 4.78 is 0. The number of rotatable bonds is 8. The van der Waals surface area contributed by atoms with Crippen molar-refractivity contribution in [3.05, 3.63) is 87.6 Å². The Bertz CT molecular complexity index is 1110. The van der Waals surface area contributed by atoms with Gasteiger partial charge < -0.3 is 16.0 Å². The van der Waals surface area contributed by atoms with Gasteiger partial charge in [-0.25, -0.2) is 4.79 Å². The molecule has 2 heterocycles. The number of amides is 3. The average Bonchev–Trinajstić information content (AvgIpc) is 3.36. The number of urea groups is 1. The molecule has 1 atom stereocenters. The van der Waals surface area contributed by atoms with Gasteiger partial charge in [0.2, 0.25) is 0 Å². The minimum Gasteiger partial charge on any atom is -0.347 e. The number of nitrogens with zero attached hydrogens (tertiary/aromatic N) is 1. The lowest BCUT2D eigenvalue weighted by molar-refractivity contribution is 0.0951. The Morgan fingerprint density at radius 2 is 1.82 bits per heavy atom. The van der Waals surface area contributed by atoms with Gasteiger partial charge in [0, 0.05) is 41.8 Å². The normalized spacial score (nSPS) is 14.3. The van der Waals surface area contributed by atoms with Crippen LogP contribution in [0.5, 0.6) is 0 Å². The third kappa shape index (κ3) is 6.24. The van der Waals surface area contributed by atoms with E-state index in [0.717, 1.165) is 24.4 Å². The van der Waals surface area contributed by atoms with E-state index in [1.54, 1.807) is 35.6 Å². The zero-order valence-corrected chi connectivity index (χ0v) is 20.5. The Hall–Kier alpha value is -3.16. The summed E-state index contributed by atoms with van der Waals surface area (Å²) in [6, 6.07) is 19.5. The standard InChI is InChI=1S/C27H32N4O2S/c1-19(2)25(31-13-12-20-7-3-4-8-22(20)18-31)17-29-27(33)30-23-10-5-9-21(15-23)26(32)28-16-24-11-6-14-34-24/h3-11,14-15,19,25H,12-13,16-18H2,1-2H3,(H,28,32)(H2,29,30,33). The Balaban J connectivity index is 1.30. The molecule has 1 aromatic heterocycles. The first-order valence-electron chi connectivity index (χ1n) is 11.8. The van der Waals surface area contributed by atoms with E-state index in [0.29, 0.717) is 30.3 Å². The van der Waals surface area contributed by atoms with Crippen LogP contribution in [0.1, 0.15) is 40.2 Å². The molecule has 7 heteroatoms. The van der Waals surface area contributed by atoms with Gasteiger partial charge in [0.05, 0.1) is 6.54 Å². The van der Waals surface area contributed by atoms with Gasteiger partial charge in [-0.2, -0.15) is 0 Å². The van der Waals surface area contributed by atoms with Gasteiger partial charge in [-0.3, -0.25) is 9.69 Å². The number of hydrogen-bond acceptors (Lipinski definition) is 4. The summed E-state index contributed by atoms with van der Waals surface area (Å²) in [5, 5.41) is 10.8. The van der Waals surface area contributed by atoms with E-state index in [1.807, 2.05) is 17.5 Å². The van der Waals surface area contributed by atoms with Crippen LogP contribution in [0.2, 0.25) is 0 Å². The largest absolute Gasteiger partial charge is 0.347 e. The number of hydrogen-bond donors (Lipinski definition) is 3. The molecule has 0 radical (unpaired) electrons. The van der Waals surface area contributed by atoms with Crippen molar-refractivity contribution in [3.8, 4) is 0 Å². The fraction of sp³-hybridized carbons (Fsp3) is 0.333. The van der Waals surface area contributed by atoms with Crippen LogP contribution in [0.3, 0.4) is 0 Å². The van der Waals surface area contributed by atoms with Crippen molar-refractivity contribution < 1.29 is 9.59 Å². The van der Waals surface area contributed by atoms with Crippen LogP contribution in [-0.4, -0.2) is 36.0 Å². The molecule has 6 nitrogen and oxygen atoms in total. The fourth-order valence-corrected chi connectivity index (χ4v) is 5.02. The molecule has 0 fully saturated rings. The van der Waals surface area contributed by atoms with Crippen molar-refractivity contribution in [1.82, 2.24) is 15.5 Å². The van der Waals surface area contributed by atoms with Gasteiger partial charge in [-0.05, 0) is 53.1 Å². The Kier molecular flexibility index (Phi) is 7.98. The molecule has 1 aliphatic heterocycles. The highest BCUT2D eigenvalue weighted by Crippen LogP contribution is 2.23. The monoisotopic (exact) mass is 476 g/mol. The molecule has 3 N–H and O–H groups in total. The van der Waals surface area contributed by atoms with Crippen molar-refractivity contribution in [3.63, 3.8) is 0 Å². The van der Waals surface area contributed by atoms with E-state index in [2.05, 4.69) is 59.0 Å². The number of fused-ring (bicyclic) bond motifs is 1. The van der Waals surface area contributed by atoms with Gasteiger partial charge in [0.1, 0.15) is 0 Å². The predicted molar refractivity (Wildman–Crippen MR) is 138 cm³/mol. The van der Waals surface area contributed by atoms with Gasteiger partial charge in [-0.1, -0.05) is 50.2 Å². The Morgan fingerprint density at radius 3 is 2.59 bits per heavy atom. The number of benzene rings is 2. The smallest absolute Gasteiger partial charge is 0.319 e. The number of carbonyl (C=O) groups excluding carboxylic acids is 2. The molecule has 0 saturated carbocycles. The molecule has 0 bridgehead atoms. The lowest BCUT2D eigenvalue weighted by Gasteiger charge is -2.38. The van der Waals surface area contributed by atoms with Crippen LogP contribution in [0, 0.1) is 5.92 Å². The van der Waals surface area contributed by atoms with Crippen molar-refractivity contribution >= 4 is 29.0 Å². The van der Waals surface area contributed by atoms with Crippen LogP contribution in [0.4, 0.5) is 10.5 Å². The number of thiophene rings is 1. The highest BCUT2D eigenvalue weighted by atomic mass is 32.1. The predicted octanol–water partition coefficient (Wildman–Crippen LogP) is 4.88. The second-order valence-electron chi connectivity index (χ2n) is 8.98. The lowest BCUT2D eigenvalue weighted by atomic mass is 9.95. The van der Waals surface area contributed by atoms with E-state index in [9.17, 15) is 9.59 Å². The lowest BCUT2D eigenvalue weighted by Crippen LogP contribution is -2.49. The van der Waals surface area contributed by atoms with E-state index in [4.69, 9.17) is 0 Å². The maximum absolute atomic E-state index is 12.6. The number of anilines is 1. The quantitative estimate of drug-likeness (QED) is 0.434. The second-order valence-corrected chi connectivity index (χ2v) is 10.0. The average molecular weight is 477 g/mol. The molecule has 3 amide bonds. The van der Waals surface area contributed by atoms with Crippen LogP contribution >= 0.6 is 11.3 Å². The Labute approximate surface area is 205 Å². The molecule has 0 saturated heterocycles. The maximum atomic E-state index is 12.6. The molecule has 4 rings (SSSR count). The SMILES string of the molecule is CC(C)C(CNC(=O)Nc1cccc(C(=O)NCc2cccs2)c1)N1CCc2ccccc2C1. The highest BCUT2D eigenvalue weighted by Gasteiger charge is 2.26. The fourth-order valence-electron chi connectivity index (χ4n) is 4.38. The number of nitrogens with one attached hydrogen (secondary N) is 3. The Morgan fingerprint density at radius 1 is 1.00 bits per heavy atom. The van der Waals surface area contributed by atoms with Crippen LogP contribution in [-0.2, 0) is 19.5 Å². The molecule has 0 aliphatic carbocycles. The highest BCUT2D eigenvalue weighted by molar-refractivity contribution is 7.09. The molecular formula is C27H32N4O2S. The third-order valence-corrected chi connectivity index (χ3v) is 7.13. The molecule has 0 spiro atoms. The first-order valence-corrected chi connectivity index (χ1v) is 12.6. The summed E-state index contributed by atoms with van der Waals surface area (Å²) in [5.74, 6) is 0.239. The minimum absolute atomic E-state index is 0.164. The molecular weight excluding hydrogens is 444 g/mol. The van der Waals surface area contributed by atoms with Crippen molar-refractivity contribution in [2.24, 2.45) is 5.92 Å². The van der Waals surface area contributed by atoms with E-state index >= 15 is 0 Å². The van der Waals surface area contributed by atoms with Crippen LogP contribution in [0.15, 0.2) is 66.0 Å². The summed E-state index contributed by atoms with van der Waals surface area (Å²) in [6.07, 6.45) is 1.03. The maximum Gasteiger partial charge on any atom is 0.319 e. The topological polar surface area (TPSA) is 73.5 Å². The summed E-state index contributed by atoms with van der Waals surface area (Å²) in [6.45, 7) is 7.35. The first-order chi connectivity index (χ1) is 16.5. The minimum atomic E-state index is -0.265. The van der Waals surface area contributed by atoms with E-state index in [1.165, 1.54) is 11.1 Å². The number of carbonyl (C=O) groups is 2. The van der Waals surface area contributed by atoms with E-state index < -0.39 is 0 Å². The second kappa shape index (κ2) is 11.3.